The zero-order chi connectivity index (χ0) is 19.4. The first kappa shape index (κ1) is 19.0. The van der Waals surface area contributed by atoms with E-state index in [-0.39, 0.29) is 24.3 Å². The molecule has 2 aliphatic rings. The molecular weight excluding hydrogens is 368 g/mol. The highest BCUT2D eigenvalue weighted by molar-refractivity contribution is 8.03. The third kappa shape index (κ3) is 4.00. The van der Waals surface area contributed by atoms with Crippen molar-refractivity contribution >= 4 is 29.7 Å². The summed E-state index contributed by atoms with van der Waals surface area (Å²) in [5, 5.41) is 12.1. The summed E-state index contributed by atoms with van der Waals surface area (Å²) >= 11 is 1.35. The molecule has 1 unspecified atom stereocenters. The predicted octanol–water partition coefficient (Wildman–Crippen LogP) is 2.50. The summed E-state index contributed by atoms with van der Waals surface area (Å²) < 4.78 is 5.12. The Balaban J connectivity index is 1.45. The van der Waals surface area contributed by atoms with Crippen LogP contribution in [-0.4, -0.2) is 46.3 Å². The number of allylic oxidation sites excluding steroid dienone is 1. The molecule has 0 spiro atoms. The lowest BCUT2D eigenvalue weighted by Gasteiger charge is -2.37. The van der Waals surface area contributed by atoms with Crippen molar-refractivity contribution in [3.05, 3.63) is 58.1 Å². The Bertz CT molecular complexity index is 819. The van der Waals surface area contributed by atoms with E-state index in [9.17, 15) is 19.5 Å². The second-order valence-electron chi connectivity index (χ2n) is 6.05. The van der Waals surface area contributed by atoms with Gasteiger partial charge in [0.2, 0.25) is 0 Å². The van der Waals surface area contributed by atoms with Crippen LogP contribution in [0.15, 0.2) is 52.6 Å². The number of rotatable bonds is 7. The van der Waals surface area contributed by atoms with E-state index in [1.165, 1.54) is 16.7 Å². The number of nitrogens with zero attached hydrogens (tertiary/aromatic N) is 1. The molecule has 2 N–H and O–H groups in total. The molecule has 3 rings (SSSR count). The van der Waals surface area contributed by atoms with Gasteiger partial charge in [-0.15, -0.1) is 11.8 Å². The number of nitrogens with one attached hydrogen (secondary N) is 1. The van der Waals surface area contributed by atoms with Crippen LogP contribution in [0.4, 0.5) is 4.79 Å². The molecule has 2 amide bonds. The van der Waals surface area contributed by atoms with Crippen molar-refractivity contribution in [3.63, 3.8) is 0 Å². The number of hydrogen-bond donors (Lipinski definition) is 2. The summed E-state index contributed by atoms with van der Waals surface area (Å²) in [4.78, 5) is 37.3. The van der Waals surface area contributed by atoms with Gasteiger partial charge in [0, 0.05) is 29.2 Å². The molecular formula is C19H20N2O5S. The average molecular weight is 388 g/mol. The smallest absolute Gasteiger partial charge is 0.407 e. The lowest BCUT2D eigenvalue weighted by atomic mass is 9.94. The van der Waals surface area contributed by atoms with Gasteiger partial charge in [-0.25, -0.2) is 9.59 Å². The van der Waals surface area contributed by atoms with E-state index in [0.29, 0.717) is 29.2 Å². The van der Waals surface area contributed by atoms with Crippen molar-refractivity contribution in [1.29, 1.82) is 0 Å². The van der Waals surface area contributed by atoms with Crippen LogP contribution >= 0.6 is 11.8 Å². The largest absolute Gasteiger partial charge is 0.477 e. The maximum Gasteiger partial charge on any atom is 0.407 e. The molecule has 8 heteroatoms. The van der Waals surface area contributed by atoms with E-state index in [0.717, 1.165) is 5.56 Å². The molecule has 1 aromatic rings. The fourth-order valence-corrected chi connectivity index (χ4v) is 4.18. The van der Waals surface area contributed by atoms with Gasteiger partial charge in [-0.1, -0.05) is 36.4 Å². The van der Waals surface area contributed by atoms with Crippen LogP contribution in [0.2, 0.25) is 0 Å². The standard InChI is InChI=1S/C19H20N2O5S/c1-2-13-14-10-15(16(18(23)24)21(14)17(13)22)27-9-8-20-19(25)26-11-12-6-4-3-5-7-12/h2-7,14H,8-11H2,1H3,(H,20,25)(H,23,24). The number of carboxylic acids is 1. The summed E-state index contributed by atoms with van der Waals surface area (Å²) in [5.41, 5.74) is 1.62. The molecule has 0 saturated carbocycles. The normalized spacial score (nSPS) is 19.7. The zero-order valence-electron chi connectivity index (χ0n) is 14.8. The highest BCUT2D eigenvalue weighted by atomic mass is 32.2. The Morgan fingerprint density at radius 2 is 2.11 bits per heavy atom. The van der Waals surface area contributed by atoms with E-state index in [1.807, 2.05) is 30.3 Å². The lowest BCUT2D eigenvalue weighted by Crippen LogP contribution is -2.52. The minimum absolute atomic E-state index is 0.0623. The van der Waals surface area contributed by atoms with Crippen molar-refractivity contribution < 1.29 is 24.2 Å². The Labute approximate surface area is 161 Å². The van der Waals surface area contributed by atoms with Crippen LogP contribution in [0, 0.1) is 0 Å². The number of fused-ring (bicyclic) bond motifs is 1. The first-order valence-electron chi connectivity index (χ1n) is 8.56. The van der Waals surface area contributed by atoms with E-state index in [4.69, 9.17) is 4.74 Å². The van der Waals surface area contributed by atoms with Crippen LogP contribution in [0.3, 0.4) is 0 Å². The topological polar surface area (TPSA) is 95.9 Å². The molecule has 1 aromatic carbocycles. The zero-order valence-corrected chi connectivity index (χ0v) is 15.6. The van der Waals surface area contributed by atoms with Crippen molar-refractivity contribution in [3.8, 4) is 0 Å². The molecule has 1 saturated heterocycles. The first-order chi connectivity index (χ1) is 13.0. The number of hydrogen-bond acceptors (Lipinski definition) is 5. The van der Waals surface area contributed by atoms with Crippen molar-refractivity contribution in [2.45, 2.75) is 26.0 Å². The highest BCUT2D eigenvalue weighted by Gasteiger charge is 2.51. The molecule has 1 atom stereocenters. The molecule has 0 aliphatic carbocycles. The van der Waals surface area contributed by atoms with Gasteiger partial charge in [0.1, 0.15) is 12.3 Å². The van der Waals surface area contributed by atoms with Crippen molar-refractivity contribution in [1.82, 2.24) is 10.2 Å². The molecule has 0 bridgehead atoms. The van der Waals surface area contributed by atoms with E-state index < -0.39 is 12.1 Å². The lowest BCUT2D eigenvalue weighted by molar-refractivity contribution is -0.142. The van der Waals surface area contributed by atoms with Gasteiger partial charge in [-0.2, -0.15) is 0 Å². The van der Waals surface area contributed by atoms with E-state index in [2.05, 4.69) is 5.32 Å². The second-order valence-corrected chi connectivity index (χ2v) is 7.24. The maximum atomic E-state index is 12.0. The molecule has 0 radical (unpaired) electrons. The van der Waals surface area contributed by atoms with Crippen molar-refractivity contribution in [2.24, 2.45) is 0 Å². The summed E-state index contributed by atoms with van der Waals surface area (Å²) in [6.45, 7) is 2.31. The molecule has 142 valence electrons. The van der Waals surface area contributed by atoms with Gasteiger partial charge in [0.05, 0.1) is 6.04 Å². The fraction of sp³-hybridized carbons (Fsp3) is 0.316. The molecule has 0 aromatic heterocycles. The highest BCUT2D eigenvalue weighted by Crippen LogP contribution is 2.45. The Hall–Kier alpha value is -2.74. The molecule has 1 fully saturated rings. The van der Waals surface area contributed by atoms with Crippen LogP contribution in [-0.2, 0) is 20.9 Å². The summed E-state index contributed by atoms with van der Waals surface area (Å²) in [7, 11) is 0. The van der Waals surface area contributed by atoms with Gasteiger partial charge in [-0.05, 0) is 12.5 Å². The van der Waals surface area contributed by atoms with Gasteiger partial charge in [0.15, 0.2) is 0 Å². The fourth-order valence-electron chi connectivity index (χ4n) is 3.13. The molecule has 27 heavy (non-hydrogen) atoms. The number of carboxylic acid groups (broad SMARTS) is 1. The summed E-state index contributed by atoms with van der Waals surface area (Å²) in [5.74, 6) is -0.844. The summed E-state index contributed by atoms with van der Waals surface area (Å²) in [6.07, 6.45) is 1.73. The average Bonchev–Trinajstić information content (AvgIpc) is 3.00. The second kappa shape index (κ2) is 8.30. The van der Waals surface area contributed by atoms with Gasteiger partial charge in [-0.3, -0.25) is 9.69 Å². The molecule has 2 heterocycles. The van der Waals surface area contributed by atoms with E-state index >= 15 is 0 Å². The number of alkyl carbamates (subject to hydrolysis) is 1. The predicted molar refractivity (Wildman–Crippen MR) is 101 cm³/mol. The minimum atomic E-state index is -1.10. The van der Waals surface area contributed by atoms with Gasteiger partial charge < -0.3 is 15.2 Å². The first-order valence-corrected chi connectivity index (χ1v) is 9.55. The molecule has 2 aliphatic heterocycles. The minimum Gasteiger partial charge on any atom is -0.477 e. The maximum absolute atomic E-state index is 12.0. The number of aliphatic carboxylic acids is 1. The number of amides is 2. The SMILES string of the molecule is CC=C1C(=O)N2C(C(=O)O)=C(SCCNC(=O)OCc3ccccc3)CC12. The quantitative estimate of drug-likeness (QED) is 0.423. The Kier molecular flexibility index (Phi) is 5.85. The third-order valence-electron chi connectivity index (χ3n) is 4.39. The number of benzene rings is 1. The van der Waals surface area contributed by atoms with E-state index in [1.54, 1.807) is 13.0 Å². The van der Waals surface area contributed by atoms with Crippen LogP contribution in [0.1, 0.15) is 18.9 Å². The Morgan fingerprint density at radius 3 is 2.78 bits per heavy atom. The van der Waals surface area contributed by atoms with Gasteiger partial charge >= 0.3 is 12.1 Å². The summed E-state index contributed by atoms with van der Waals surface area (Å²) in [6, 6.07) is 9.20. The van der Waals surface area contributed by atoms with Crippen molar-refractivity contribution in [2.75, 3.05) is 12.3 Å². The monoisotopic (exact) mass is 388 g/mol. The number of carbonyl (C=O) groups excluding carboxylic acids is 2. The number of carbonyl (C=O) groups is 3. The van der Waals surface area contributed by atoms with Crippen LogP contribution in [0.5, 0.6) is 0 Å². The Morgan fingerprint density at radius 1 is 1.37 bits per heavy atom. The number of thioether (sulfide) groups is 1. The van der Waals surface area contributed by atoms with Crippen LogP contribution in [0.25, 0.3) is 0 Å². The van der Waals surface area contributed by atoms with Crippen LogP contribution < -0.4 is 5.32 Å². The molecule has 7 nitrogen and oxygen atoms in total. The third-order valence-corrected chi connectivity index (χ3v) is 5.51. The number of β-lactam (4-membered cyclic amide) rings is 1. The van der Waals surface area contributed by atoms with Gasteiger partial charge in [0.25, 0.3) is 5.91 Å². The number of ether oxygens (including phenoxy) is 1.